The highest BCUT2D eigenvalue weighted by molar-refractivity contribution is 5.98. The van der Waals surface area contributed by atoms with Crippen molar-refractivity contribution in [1.29, 1.82) is 0 Å². The first-order chi connectivity index (χ1) is 13.0. The normalized spacial score (nSPS) is 27.0. The van der Waals surface area contributed by atoms with Crippen molar-refractivity contribution in [3.05, 3.63) is 24.3 Å². The van der Waals surface area contributed by atoms with Crippen molar-refractivity contribution in [3.63, 3.8) is 0 Å². The predicted molar refractivity (Wildman–Crippen MR) is 94.5 cm³/mol. The third kappa shape index (κ3) is 3.03. The number of amides is 2. The second-order valence-corrected chi connectivity index (χ2v) is 7.31. The molecule has 0 bridgehead atoms. The van der Waals surface area contributed by atoms with E-state index in [1.807, 2.05) is 12.1 Å². The highest BCUT2D eigenvalue weighted by Gasteiger charge is 2.54. The van der Waals surface area contributed by atoms with Crippen molar-refractivity contribution in [2.45, 2.75) is 12.8 Å². The van der Waals surface area contributed by atoms with Gasteiger partial charge in [-0.2, -0.15) is 0 Å². The van der Waals surface area contributed by atoms with Gasteiger partial charge in [-0.15, -0.1) is 0 Å². The van der Waals surface area contributed by atoms with Gasteiger partial charge in [-0.3, -0.25) is 14.4 Å². The molecule has 2 amide bonds. The molecule has 3 aliphatic heterocycles. The number of carboxylic acid groups (broad SMARTS) is 1. The van der Waals surface area contributed by atoms with E-state index >= 15 is 0 Å². The van der Waals surface area contributed by atoms with E-state index in [4.69, 9.17) is 9.47 Å². The zero-order valence-electron chi connectivity index (χ0n) is 14.9. The SMILES string of the molecule is O=C(CCN1C(=O)COc2ccccc21)N1C[C@H]2COCC[C@@]2(C(=O)O)C1. The molecule has 3 heterocycles. The van der Waals surface area contributed by atoms with Gasteiger partial charge < -0.3 is 24.4 Å². The number of aliphatic carboxylic acids is 1. The van der Waals surface area contributed by atoms with Gasteiger partial charge in [-0.05, 0) is 18.6 Å². The molecule has 27 heavy (non-hydrogen) atoms. The molecule has 2 fully saturated rings. The van der Waals surface area contributed by atoms with E-state index in [0.29, 0.717) is 37.6 Å². The lowest BCUT2D eigenvalue weighted by atomic mass is 9.74. The molecule has 2 atom stereocenters. The number of hydrogen-bond donors (Lipinski definition) is 1. The van der Waals surface area contributed by atoms with E-state index in [2.05, 4.69) is 0 Å². The van der Waals surface area contributed by atoms with Gasteiger partial charge in [-0.25, -0.2) is 0 Å². The summed E-state index contributed by atoms with van der Waals surface area (Å²) in [5.41, 5.74) is -0.248. The van der Waals surface area contributed by atoms with E-state index in [1.54, 1.807) is 21.9 Å². The standard InChI is InChI=1S/C19H22N2O6/c22-16(20-9-13-10-26-8-6-19(13,12-20)18(24)25)5-7-21-14-3-1-2-4-15(14)27-11-17(21)23/h1-4,13H,5-12H2,(H,24,25)/t13-,19+/m0/s1. The van der Waals surface area contributed by atoms with Crippen LogP contribution in [-0.2, 0) is 19.1 Å². The van der Waals surface area contributed by atoms with E-state index in [1.165, 1.54) is 0 Å². The molecule has 8 nitrogen and oxygen atoms in total. The van der Waals surface area contributed by atoms with Crippen LogP contribution in [0.15, 0.2) is 24.3 Å². The Morgan fingerprint density at radius 1 is 1.30 bits per heavy atom. The molecule has 0 saturated carbocycles. The van der Waals surface area contributed by atoms with Crippen LogP contribution in [0.3, 0.4) is 0 Å². The van der Waals surface area contributed by atoms with Crippen LogP contribution < -0.4 is 9.64 Å². The number of hydrogen-bond acceptors (Lipinski definition) is 5. The summed E-state index contributed by atoms with van der Waals surface area (Å²) in [6.45, 7) is 1.57. The van der Waals surface area contributed by atoms with Crippen LogP contribution in [0.25, 0.3) is 0 Å². The number of ether oxygens (including phenoxy) is 2. The van der Waals surface area contributed by atoms with Gasteiger partial charge >= 0.3 is 5.97 Å². The van der Waals surface area contributed by atoms with Crippen molar-refractivity contribution in [2.75, 3.05) is 44.4 Å². The zero-order chi connectivity index (χ0) is 19.0. The fraction of sp³-hybridized carbons (Fsp3) is 0.526. The molecule has 0 aromatic heterocycles. The molecule has 1 N–H and O–H groups in total. The van der Waals surface area contributed by atoms with Crippen LogP contribution in [0.2, 0.25) is 0 Å². The molecule has 0 unspecified atom stereocenters. The van der Waals surface area contributed by atoms with Gasteiger partial charge in [0.2, 0.25) is 5.91 Å². The second-order valence-electron chi connectivity index (χ2n) is 7.31. The van der Waals surface area contributed by atoms with Gasteiger partial charge in [0.15, 0.2) is 6.61 Å². The molecule has 4 rings (SSSR count). The topological polar surface area (TPSA) is 96.4 Å². The fourth-order valence-corrected chi connectivity index (χ4v) is 4.25. The average molecular weight is 374 g/mol. The smallest absolute Gasteiger partial charge is 0.311 e. The Morgan fingerprint density at radius 3 is 2.89 bits per heavy atom. The number of carboxylic acids is 1. The molecule has 2 saturated heterocycles. The summed E-state index contributed by atoms with van der Waals surface area (Å²) in [5, 5.41) is 9.72. The number of carbonyl (C=O) groups is 3. The van der Waals surface area contributed by atoms with Crippen LogP contribution in [0.4, 0.5) is 5.69 Å². The van der Waals surface area contributed by atoms with Crippen molar-refractivity contribution >= 4 is 23.5 Å². The quantitative estimate of drug-likeness (QED) is 0.836. The van der Waals surface area contributed by atoms with Crippen molar-refractivity contribution in [2.24, 2.45) is 11.3 Å². The number of fused-ring (bicyclic) bond motifs is 2. The maximum Gasteiger partial charge on any atom is 0.311 e. The zero-order valence-corrected chi connectivity index (χ0v) is 14.9. The summed E-state index contributed by atoms with van der Waals surface area (Å²) in [6.07, 6.45) is 0.565. The molecule has 0 spiro atoms. The van der Waals surface area contributed by atoms with Crippen LogP contribution in [0.1, 0.15) is 12.8 Å². The molecule has 1 aromatic carbocycles. The summed E-state index contributed by atoms with van der Waals surface area (Å²) >= 11 is 0. The minimum atomic E-state index is -0.907. The minimum absolute atomic E-state index is 0.0452. The number of anilines is 1. The molecule has 144 valence electrons. The first kappa shape index (κ1) is 17.8. The van der Waals surface area contributed by atoms with Gasteiger partial charge in [0, 0.05) is 38.6 Å². The van der Waals surface area contributed by atoms with E-state index < -0.39 is 11.4 Å². The summed E-state index contributed by atoms with van der Waals surface area (Å²) in [4.78, 5) is 40.0. The number of benzene rings is 1. The number of likely N-dealkylation sites (tertiary alicyclic amines) is 1. The Hall–Kier alpha value is -2.61. The van der Waals surface area contributed by atoms with Gasteiger partial charge in [0.25, 0.3) is 5.91 Å². The third-order valence-electron chi connectivity index (χ3n) is 5.84. The molecule has 8 heteroatoms. The molecular weight excluding hydrogens is 352 g/mol. The van der Waals surface area contributed by atoms with Crippen LogP contribution in [0.5, 0.6) is 5.75 Å². The van der Waals surface area contributed by atoms with Gasteiger partial charge in [-0.1, -0.05) is 12.1 Å². The monoisotopic (exact) mass is 374 g/mol. The Morgan fingerprint density at radius 2 is 2.11 bits per heavy atom. The summed E-state index contributed by atoms with van der Waals surface area (Å²) in [6, 6.07) is 7.23. The Kier molecular flexibility index (Phi) is 4.51. The minimum Gasteiger partial charge on any atom is -0.482 e. The summed E-state index contributed by atoms with van der Waals surface area (Å²) in [7, 11) is 0. The van der Waals surface area contributed by atoms with Crippen molar-refractivity contribution in [1.82, 2.24) is 4.90 Å². The predicted octanol–water partition coefficient (Wildman–Crippen LogP) is 0.752. The van der Waals surface area contributed by atoms with E-state index in [0.717, 1.165) is 0 Å². The highest BCUT2D eigenvalue weighted by Crippen LogP contribution is 2.42. The number of rotatable bonds is 4. The fourth-order valence-electron chi connectivity index (χ4n) is 4.25. The molecule has 1 aromatic rings. The van der Waals surface area contributed by atoms with Crippen LogP contribution >= 0.6 is 0 Å². The largest absolute Gasteiger partial charge is 0.482 e. The molecule has 0 aliphatic carbocycles. The van der Waals surface area contributed by atoms with Crippen molar-refractivity contribution in [3.8, 4) is 5.75 Å². The van der Waals surface area contributed by atoms with E-state index in [-0.39, 0.29) is 43.8 Å². The highest BCUT2D eigenvalue weighted by atomic mass is 16.5. The average Bonchev–Trinajstić information content (AvgIpc) is 3.08. The van der Waals surface area contributed by atoms with Crippen molar-refractivity contribution < 1.29 is 29.0 Å². The number of nitrogens with zero attached hydrogens (tertiary/aromatic N) is 2. The maximum absolute atomic E-state index is 12.7. The lowest BCUT2D eigenvalue weighted by Gasteiger charge is -2.33. The van der Waals surface area contributed by atoms with Gasteiger partial charge in [0.1, 0.15) is 5.75 Å². The third-order valence-corrected chi connectivity index (χ3v) is 5.84. The first-order valence-corrected chi connectivity index (χ1v) is 9.12. The number of para-hydroxylation sites is 2. The first-order valence-electron chi connectivity index (χ1n) is 9.12. The lowest BCUT2D eigenvalue weighted by molar-refractivity contribution is -0.157. The molecular formula is C19H22N2O6. The molecule has 3 aliphatic rings. The maximum atomic E-state index is 12.7. The van der Waals surface area contributed by atoms with Gasteiger partial charge in [0.05, 0.1) is 17.7 Å². The summed E-state index contributed by atoms with van der Waals surface area (Å²) in [5.74, 6) is -0.741. The van der Waals surface area contributed by atoms with E-state index in [9.17, 15) is 19.5 Å². The van der Waals surface area contributed by atoms with Crippen LogP contribution in [-0.4, -0.2) is 67.2 Å². The summed E-state index contributed by atoms with van der Waals surface area (Å²) < 4.78 is 10.8. The Labute approximate surface area is 156 Å². The number of carbonyl (C=O) groups excluding carboxylic acids is 2. The lowest BCUT2D eigenvalue weighted by Crippen LogP contribution is -2.45. The Bertz CT molecular complexity index is 781. The Balaban J connectivity index is 1.43. The van der Waals surface area contributed by atoms with Crippen LogP contribution in [0, 0.1) is 11.3 Å². The molecule has 0 radical (unpaired) electrons. The second kappa shape index (κ2) is 6.84.